The lowest BCUT2D eigenvalue weighted by molar-refractivity contribution is 0.0998. The highest BCUT2D eigenvalue weighted by Crippen LogP contribution is 2.37. The van der Waals surface area contributed by atoms with Crippen LogP contribution in [0, 0.1) is 0 Å². The zero-order chi connectivity index (χ0) is 17.4. The van der Waals surface area contributed by atoms with Crippen LogP contribution in [0.1, 0.15) is 23.7 Å². The molecule has 1 aliphatic rings. The number of carbonyl (C=O) groups is 1. The van der Waals surface area contributed by atoms with Crippen LogP contribution in [0.5, 0.6) is 11.5 Å². The Morgan fingerprint density at radius 3 is 2.68 bits per heavy atom. The summed E-state index contributed by atoms with van der Waals surface area (Å²) in [5.41, 5.74) is 1.58. The van der Waals surface area contributed by atoms with E-state index >= 15 is 0 Å². The number of hydrogen-bond acceptors (Lipinski definition) is 4. The highest BCUT2D eigenvalue weighted by atomic mass is 79.9. The molecule has 1 amide bonds. The second-order valence-electron chi connectivity index (χ2n) is 5.63. The first kappa shape index (κ1) is 16.4. The largest absolute Gasteiger partial charge is 0.454 e. The van der Waals surface area contributed by atoms with Crippen LogP contribution in [0.25, 0.3) is 10.2 Å². The van der Waals surface area contributed by atoms with Crippen molar-refractivity contribution in [3.8, 4) is 11.5 Å². The van der Waals surface area contributed by atoms with Crippen LogP contribution < -0.4 is 14.3 Å². The topological polar surface area (TPSA) is 52.8 Å². The third-order valence-corrected chi connectivity index (χ3v) is 5.48. The van der Waals surface area contributed by atoms with Gasteiger partial charge < -0.3 is 14.0 Å². The molecule has 0 aliphatic carbocycles. The number of halogens is 1. The normalized spacial score (nSPS) is 13.6. The average Bonchev–Trinajstić information content (AvgIpc) is 3.18. The minimum atomic E-state index is -0.246. The lowest BCUT2D eigenvalue weighted by Crippen LogP contribution is -2.16. The lowest BCUT2D eigenvalue weighted by atomic mass is 10.2. The van der Waals surface area contributed by atoms with Crippen molar-refractivity contribution in [2.75, 3.05) is 6.79 Å². The number of hydrogen-bond donors (Lipinski definition) is 0. The molecule has 0 unspecified atom stereocenters. The zero-order valence-corrected chi connectivity index (χ0v) is 15.9. The number of nitrogens with zero attached hydrogens (tertiary/aromatic N) is 2. The second kappa shape index (κ2) is 6.65. The Balaban J connectivity index is 1.84. The summed E-state index contributed by atoms with van der Waals surface area (Å²) in [7, 11) is 0. The Hall–Kier alpha value is -2.12. The number of aromatic nitrogens is 1. The van der Waals surface area contributed by atoms with Crippen LogP contribution in [-0.2, 0) is 6.54 Å². The van der Waals surface area contributed by atoms with Gasteiger partial charge in [0.25, 0.3) is 5.91 Å². The molecule has 5 nitrogen and oxygen atoms in total. The van der Waals surface area contributed by atoms with Crippen LogP contribution >= 0.6 is 27.3 Å². The summed E-state index contributed by atoms with van der Waals surface area (Å²) in [6, 6.07) is 11.1. The van der Waals surface area contributed by atoms with E-state index in [1.807, 2.05) is 24.3 Å². The highest BCUT2D eigenvalue weighted by Gasteiger charge is 2.17. The molecule has 0 saturated carbocycles. The summed E-state index contributed by atoms with van der Waals surface area (Å²) >= 11 is 4.86. The Morgan fingerprint density at radius 2 is 1.96 bits per heavy atom. The molecule has 0 bridgehead atoms. The van der Waals surface area contributed by atoms with Gasteiger partial charge >= 0.3 is 0 Å². The van der Waals surface area contributed by atoms with Gasteiger partial charge in [-0.1, -0.05) is 34.2 Å². The first-order valence-corrected chi connectivity index (χ1v) is 9.54. The molecule has 7 heteroatoms. The SMILES string of the molecule is CCCn1c(=NC(=O)c2ccc(Br)cc2)sc2cc3c(cc21)OCO3. The molecule has 0 N–H and O–H groups in total. The van der Waals surface area contributed by atoms with E-state index < -0.39 is 0 Å². The van der Waals surface area contributed by atoms with Gasteiger partial charge in [-0.15, -0.1) is 0 Å². The van der Waals surface area contributed by atoms with Gasteiger partial charge in [-0.25, -0.2) is 0 Å². The van der Waals surface area contributed by atoms with Crippen LogP contribution in [0.3, 0.4) is 0 Å². The monoisotopic (exact) mass is 418 g/mol. The maximum atomic E-state index is 12.5. The molecule has 25 heavy (non-hydrogen) atoms. The second-order valence-corrected chi connectivity index (χ2v) is 7.56. The van der Waals surface area contributed by atoms with Gasteiger partial charge in [0, 0.05) is 28.7 Å². The minimum Gasteiger partial charge on any atom is -0.454 e. The average molecular weight is 419 g/mol. The predicted molar refractivity (Wildman–Crippen MR) is 100 cm³/mol. The number of thiazole rings is 1. The van der Waals surface area contributed by atoms with E-state index in [0.29, 0.717) is 10.4 Å². The fourth-order valence-electron chi connectivity index (χ4n) is 2.73. The summed E-state index contributed by atoms with van der Waals surface area (Å²) in [5, 5.41) is 0. The van der Waals surface area contributed by atoms with Crippen LogP contribution in [0.15, 0.2) is 45.9 Å². The lowest BCUT2D eigenvalue weighted by Gasteiger charge is -2.03. The van der Waals surface area contributed by atoms with E-state index in [0.717, 1.165) is 39.2 Å². The van der Waals surface area contributed by atoms with Crippen LogP contribution in [-0.4, -0.2) is 17.3 Å². The Bertz CT molecular complexity index is 1020. The van der Waals surface area contributed by atoms with Crippen molar-refractivity contribution in [1.82, 2.24) is 4.57 Å². The molecule has 0 radical (unpaired) electrons. The van der Waals surface area contributed by atoms with Crippen molar-refractivity contribution in [2.24, 2.45) is 4.99 Å². The molecule has 4 rings (SSSR count). The summed E-state index contributed by atoms with van der Waals surface area (Å²) in [6.45, 7) is 3.13. The van der Waals surface area contributed by atoms with Crippen molar-refractivity contribution in [1.29, 1.82) is 0 Å². The fourth-order valence-corrected chi connectivity index (χ4v) is 4.06. The highest BCUT2D eigenvalue weighted by molar-refractivity contribution is 9.10. The summed E-state index contributed by atoms with van der Waals surface area (Å²) < 4.78 is 15.0. The standard InChI is InChI=1S/C18H15BrN2O3S/c1-2-7-21-13-8-14-15(24-10-23-14)9-16(13)25-18(21)20-17(22)11-3-5-12(19)6-4-11/h3-6,8-9H,2,7,10H2,1H3. The van der Waals surface area contributed by atoms with Gasteiger partial charge in [-0.05, 0) is 30.7 Å². The third kappa shape index (κ3) is 3.09. The van der Waals surface area contributed by atoms with Gasteiger partial charge in [-0.2, -0.15) is 4.99 Å². The molecular weight excluding hydrogens is 404 g/mol. The van der Waals surface area contributed by atoms with Crippen LogP contribution in [0.4, 0.5) is 0 Å². The van der Waals surface area contributed by atoms with Crippen molar-refractivity contribution in [2.45, 2.75) is 19.9 Å². The quantitative estimate of drug-likeness (QED) is 0.635. The molecule has 2 aromatic carbocycles. The van der Waals surface area contributed by atoms with Gasteiger partial charge in [0.1, 0.15) is 0 Å². The summed E-state index contributed by atoms with van der Waals surface area (Å²) in [4.78, 5) is 17.6. The van der Waals surface area contributed by atoms with E-state index in [9.17, 15) is 4.79 Å². The minimum absolute atomic E-state index is 0.246. The van der Waals surface area contributed by atoms with Gasteiger partial charge in [0.05, 0.1) is 10.2 Å². The van der Waals surface area contributed by atoms with Gasteiger partial charge in [0.15, 0.2) is 16.3 Å². The van der Waals surface area contributed by atoms with E-state index in [2.05, 4.69) is 32.4 Å². The number of fused-ring (bicyclic) bond motifs is 2. The molecule has 1 aromatic heterocycles. The summed E-state index contributed by atoms with van der Waals surface area (Å²) in [6.07, 6.45) is 0.944. The first-order valence-electron chi connectivity index (χ1n) is 7.93. The molecule has 0 spiro atoms. The van der Waals surface area contributed by atoms with E-state index in [1.54, 1.807) is 12.1 Å². The Morgan fingerprint density at radius 1 is 1.24 bits per heavy atom. The van der Waals surface area contributed by atoms with Gasteiger partial charge in [-0.3, -0.25) is 4.79 Å². The van der Waals surface area contributed by atoms with E-state index in [1.165, 1.54) is 11.3 Å². The molecule has 0 atom stereocenters. The van der Waals surface area contributed by atoms with E-state index in [4.69, 9.17) is 9.47 Å². The smallest absolute Gasteiger partial charge is 0.279 e. The Labute approximate surface area is 156 Å². The van der Waals surface area contributed by atoms with E-state index in [-0.39, 0.29) is 12.7 Å². The molecule has 3 aromatic rings. The van der Waals surface area contributed by atoms with Crippen molar-refractivity contribution < 1.29 is 14.3 Å². The van der Waals surface area contributed by atoms with Crippen molar-refractivity contribution >= 4 is 43.4 Å². The van der Waals surface area contributed by atoms with Gasteiger partial charge in [0.2, 0.25) is 6.79 Å². The van der Waals surface area contributed by atoms with Crippen molar-refractivity contribution in [3.63, 3.8) is 0 Å². The number of carbonyl (C=O) groups excluding carboxylic acids is 1. The Kier molecular flexibility index (Phi) is 4.35. The first-order chi connectivity index (χ1) is 12.2. The third-order valence-electron chi connectivity index (χ3n) is 3.91. The molecule has 0 fully saturated rings. The maximum Gasteiger partial charge on any atom is 0.279 e. The number of ether oxygens (including phenoxy) is 2. The molecule has 0 saturated heterocycles. The number of rotatable bonds is 3. The predicted octanol–water partition coefficient (Wildman–Crippen LogP) is 4.35. The number of benzene rings is 2. The number of amides is 1. The number of aryl methyl sites for hydroxylation is 1. The van der Waals surface area contributed by atoms with Crippen molar-refractivity contribution in [3.05, 3.63) is 51.2 Å². The summed E-state index contributed by atoms with van der Waals surface area (Å²) in [5.74, 6) is 1.23. The fraction of sp³-hybridized carbons (Fsp3) is 0.222. The molecule has 1 aliphatic heterocycles. The maximum absolute atomic E-state index is 12.5. The molecule has 128 valence electrons. The molecule has 2 heterocycles. The van der Waals surface area contributed by atoms with Crippen LogP contribution in [0.2, 0.25) is 0 Å². The zero-order valence-electron chi connectivity index (χ0n) is 13.5. The molecular formula is C18H15BrN2O3S.